The topological polar surface area (TPSA) is 78.7 Å². The minimum Gasteiger partial charge on any atom is -0.367 e. The van der Waals surface area contributed by atoms with Crippen LogP contribution in [0.4, 0.5) is 17.3 Å². The summed E-state index contributed by atoms with van der Waals surface area (Å²) >= 11 is 0. The third-order valence-corrected chi connectivity index (χ3v) is 5.38. The lowest BCUT2D eigenvalue weighted by Gasteiger charge is -2.37. The molecule has 0 spiro atoms. The van der Waals surface area contributed by atoms with Crippen molar-refractivity contribution in [3.63, 3.8) is 0 Å². The molecular formula is C20H23N7O. The van der Waals surface area contributed by atoms with Crippen LogP contribution in [0.5, 0.6) is 0 Å². The molecule has 3 aromatic rings. The number of aryl methyl sites for hydroxylation is 1. The molecule has 1 saturated carbocycles. The van der Waals surface area contributed by atoms with E-state index in [4.69, 9.17) is 0 Å². The maximum absolute atomic E-state index is 11.9. The molecule has 1 saturated heterocycles. The van der Waals surface area contributed by atoms with Gasteiger partial charge in [-0.15, -0.1) is 0 Å². The molecule has 144 valence electrons. The summed E-state index contributed by atoms with van der Waals surface area (Å²) in [5.41, 5.74) is 2.96. The first-order valence-corrected chi connectivity index (χ1v) is 9.75. The third-order valence-electron chi connectivity index (χ3n) is 5.38. The van der Waals surface area contributed by atoms with Crippen LogP contribution < -0.4 is 15.1 Å². The van der Waals surface area contributed by atoms with Crippen molar-refractivity contribution in [2.24, 2.45) is 5.92 Å². The number of carbonyl (C=O) groups excluding carboxylic acids is 1. The quantitative estimate of drug-likeness (QED) is 0.750. The van der Waals surface area contributed by atoms with E-state index in [1.165, 1.54) is 0 Å². The second-order valence-corrected chi connectivity index (χ2v) is 7.50. The number of nitrogens with one attached hydrogen (secondary N) is 1. The van der Waals surface area contributed by atoms with Gasteiger partial charge in [-0.05, 0) is 31.9 Å². The minimum absolute atomic E-state index is 0.0893. The van der Waals surface area contributed by atoms with Gasteiger partial charge in [0.2, 0.25) is 5.91 Å². The molecule has 1 aliphatic heterocycles. The molecule has 8 nitrogen and oxygen atoms in total. The molecule has 28 heavy (non-hydrogen) atoms. The van der Waals surface area contributed by atoms with Crippen LogP contribution in [0, 0.1) is 12.8 Å². The highest BCUT2D eigenvalue weighted by molar-refractivity contribution is 5.93. The first-order chi connectivity index (χ1) is 13.7. The molecule has 8 heteroatoms. The van der Waals surface area contributed by atoms with Crippen LogP contribution in [0.1, 0.15) is 18.5 Å². The van der Waals surface area contributed by atoms with Gasteiger partial charge in [-0.25, -0.2) is 9.97 Å². The first-order valence-electron chi connectivity index (χ1n) is 9.75. The molecule has 3 aromatic heterocycles. The number of rotatable bonds is 4. The number of hydrogen-bond acceptors (Lipinski definition) is 6. The Bertz CT molecular complexity index is 1000. The Kier molecular flexibility index (Phi) is 4.11. The fourth-order valence-corrected chi connectivity index (χ4v) is 3.66. The predicted molar refractivity (Wildman–Crippen MR) is 108 cm³/mol. The zero-order chi connectivity index (χ0) is 19.1. The summed E-state index contributed by atoms with van der Waals surface area (Å²) < 4.78 is 1.90. The van der Waals surface area contributed by atoms with Crippen molar-refractivity contribution in [1.29, 1.82) is 0 Å². The van der Waals surface area contributed by atoms with E-state index in [-0.39, 0.29) is 11.8 Å². The number of fused-ring (bicyclic) bond motifs is 1. The van der Waals surface area contributed by atoms with E-state index in [1.807, 2.05) is 35.8 Å². The van der Waals surface area contributed by atoms with E-state index < -0.39 is 0 Å². The van der Waals surface area contributed by atoms with E-state index >= 15 is 0 Å². The van der Waals surface area contributed by atoms with Crippen LogP contribution in [0.25, 0.3) is 5.65 Å². The Morgan fingerprint density at radius 1 is 1.11 bits per heavy atom. The van der Waals surface area contributed by atoms with Gasteiger partial charge < -0.3 is 15.1 Å². The number of amides is 1. The second kappa shape index (κ2) is 6.78. The van der Waals surface area contributed by atoms with Gasteiger partial charge in [-0.2, -0.15) is 9.61 Å². The van der Waals surface area contributed by atoms with Crippen molar-refractivity contribution in [3.8, 4) is 0 Å². The fraction of sp³-hybridized carbons (Fsp3) is 0.400. The first kappa shape index (κ1) is 17.0. The van der Waals surface area contributed by atoms with Crippen molar-refractivity contribution < 1.29 is 4.79 Å². The third kappa shape index (κ3) is 3.26. The molecule has 4 heterocycles. The smallest absolute Gasteiger partial charge is 0.228 e. The number of piperazine rings is 1. The van der Waals surface area contributed by atoms with E-state index in [0.29, 0.717) is 5.82 Å². The Hall–Kier alpha value is -3.16. The Balaban J connectivity index is 1.25. The van der Waals surface area contributed by atoms with Gasteiger partial charge in [0.05, 0.1) is 18.1 Å². The van der Waals surface area contributed by atoms with Crippen molar-refractivity contribution in [1.82, 2.24) is 19.6 Å². The molecule has 1 aliphatic carbocycles. The molecule has 2 fully saturated rings. The van der Waals surface area contributed by atoms with Crippen molar-refractivity contribution in [3.05, 3.63) is 42.4 Å². The van der Waals surface area contributed by atoms with Gasteiger partial charge in [0.15, 0.2) is 5.65 Å². The molecule has 1 N–H and O–H groups in total. The maximum Gasteiger partial charge on any atom is 0.228 e. The van der Waals surface area contributed by atoms with Gasteiger partial charge in [0.1, 0.15) is 11.6 Å². The fourth-order valence-electron chi connectivity index (χ4n) is 3.66. The van der Waals surface area contributed by atoms with Crippen molar-refractivity contribution >= 4 is 28.9 Å². The average molecular weight is 377 g/mol. The largest absolute Gasteiger partial charge is 0.367 e. The van der Waals surface area contributed by atoms with Crippen LogP contribution in [0.2, 0.25) is 0 Å². The molecular weight excluding hydrogens is 354 g/mol. The zero-order valence-electron chi connectivity index (χ0n) is 15.9. The van der Waals surface area contributed by atoms with Gasteiger partial charge >= 0.3 is 0 Å². The summed E-state index contributed by atoms with van der Waals surface area (Å²) in [7, 11) is 0. The van der Waals surface area contributed by atoms with Crippen molar-refractivity contribution in [2.75, 3.05) is 41.3 Å². The monoisotopic (exact) mass is 377 g/mol. The van der Waals surface area contributed by atoms with Crippen LogP contribution in [0.15, 0.2) is 36.7 Å². The number of pyridine rings is 1. The molecule has 2 aliphatic rings. The zero-order valence-corrected chi connectivity index (χ0v) is 15.9. The number of aromatic nitrogens is 4. The molecule has 1 amide bonds. The summed E-state index contributed by atoms with van der Waals surface area (Å²) in [6.07, 6.45) is 5.63. The lowest BCUT2D eigenvalue weighted by Crippen LogP contribution is -2.47. The van der Waals surface area contributed by atoms with Crippen LogP contribution in [-0.2, 0) is 4.79 Å². The Labute approximate surface area is 163 Å². The maximum atomic E-state index is 11.9. The number of carbonyl (C=O) groups is 1. The van der Waals surface area contributed by atoms with Crippen LogP contribution >= 0.6 is 0 Å². The summed E-state index contributed by atoms with van der Waals surface area (Å²) in [5.74, 6) is 2.00. The summed E-state index contributed by atoms with van der Waals surface area (Å²) in [5, 5.41) is 7.31. The molecule has 0 aromatic carbocycles. The van der Waals surface area contributed by atoms with Gasteiger partial charge in [0.25, 0.3) is 0 Å². The Morgan fingerprint density at radius 2 is 1.89 bits per heavy atom. The highest BCUT2D eigenvalue weighted by atomic mass is 16.2. The highest BCUT2D eigenvalue weighted by Crippen LogP contribution is 2.30. The molecule has 0 radical (unpaired) electrons. The summed E-state index contributed by atoms with van der Waals surface area (Å²) in [4.78, 5) is 25.5. The predicted octanol–water partition coefficient (Wildman–Crippen LogP) is 2.11. The van der Waals surface area contributed by atoms with E-state index in [0.717, 1.165) is 61.9 Å². The number of anilines is 3. The normalized spacial score (nSPS) is 17.2. The molecule has 0 atom stereocenters. The summed E-state index contributed by atoms with van der Waals surface area (Å²) in [6, 6.07) is 7.95. The second-order valence-electron chi connectivity index (χ2n) is 7.50. The van der Waals surface area contributed by atoms with Gasteiger partial charge in [-0.1, -0.05) is 0 Å². The Morgan fingerprint density at radius 3 is 2.61 bits per heavy atom. The minimum atomic E-state index is 0.0893. The van der Waals surface area contributed by atoms with E-state index in [1.54, 1.807) is 6.20 Å². The van der Waals surface area contributed by atoms with Crippen molar-refractivity contribution in [2.45, 2.75) is 19.8 Å². The summed E-state index contributed by atoms with van der Waals surface area (Å²) in [6.45, 7) is 5.62. The van der Waals surface area contributed by atoms with Gasteiger partial charge in [0, 0.05) is 49.9 Å². The lowest BCUT2D eigenvalue weighted by molar-refractivity contribution is -0.117. The van der Waals surface area contributed by atoms with Crippen LogP contribution in [0.3, 0.4) is 0 Å². The standard InChI is InChI=1S/C20H23N7O/c1-14-12-19(27-18(23-14)6-7-22-27)26-10-8-25(9-11-26)16-4-5-17(21-13-16)24-20(28)15-2-3-15/h4-7,12-13,15H,2-3,8-11H2,1H3,(H,21,24,28). The highest BCUT2D eigenvalue weighted by Gasteiger charge is 2.29. The number of hydrogen-bond donors (Lipinski definition) is 1. The van der Waals surface area contributed by atoms with Gasteiger partial charge in [-0.3, -0.25) is 4.79 Å². The van der Waals surface area contributed by atoms with Crippen LogP contribution in [-0.4, -0.2) is 51.7 Å². The SMILES string of the molecule is Cc1cc(N2CCN(c3ccc(NC(=O)C4CC4)nc3)CC2)n2nccc2n1. The molecule has 5 rings (SSSR count). The van der Waals surface area contributed by atoms with E-state index in [2.05, 4.69) is 36.2 Å². The van der Waals surface area contributed by atoms with E-state index in [9.17, 15) is 4.79 Å². The molecule has 0 bridgehead atoms. The average Bonchev–Trinajstić information content (AvgIpc) is 3.47. The number of nitrogens with zero attached hydrogens (tertiary/aromatic N) is 6. The lowest BCUT2D eigenvalue weighted by atomic mass is 10.2. The molecule has 0 unspecified atom stereocenters.